The molecule has 2 aromatic rings. The first-order chi connectivity index (χ1) is 14.0. The van der Waals surface area contributed by atoms with Crippen molar-refractivity contribution in [3.8, 4) is 0 Å². The molecule has 0 aliphatic heterocycles. The fraction of sp³-hybridized carbons (Fsp3) is 0.542. The van der Waals surface area contributed by atoms with Crippen LogP contribution >= 0.6 is 11.3 Å². The number of thiophene rings is 1. The van der Waals surface area contributed by atoms with E-state index in [1.165, 1.54) is 10.1 Å². The van der Waals surface area contributed by atoms with E-state index in [2.05, 4.69) is 24.8 Å². The van der Waals surface area contributed by atoms with Gasteiger partial charge in [0.2, 0.25) is 0 Å². The van der Waals surface area contributed by atoms with E-state index in [-0.39, 0.29) is 18.4 Å². The number of fused-ring (bicyclic) bond motifs is 1. The summed E-state index contributed by atoms with van der Waals surface area (Å²) < 4.78 is 1.19. The lowest BCUT2D eigenvalue weighted by molar-refractivity contribution is -0.137. The molecule has 0 bridgehead atoms. The van der Waals surface area contributed by atoms with E-state index in [0.29, 0.717) is 18.8 Å². The SMILES string of the molecule is C=C1CC(O)C(CCC(O)c2cc3ccccc3s2)C1CCCCCCC(=O)O. The quantitative estimate of drug-likeness (QED) is 0.325. The number of unbranched alkanes of at least 4 members (excludes halogenated alkanes) is 3. The number of aliphatic hydroxyl groups excluding tert-OH is 2. The Morgan fingerprint density at radius 3 is 2.69 bits per heavy atom. The minimum absolute atomic E-state index is 0.158. The maximum atomic E-state index is 10.7. The first-order valence-electron chi connectivity index (χ1n) is 10.7. The third-order valence-electron chi connectivity index (χ3n) is 6.21. The van der Waals surface area contributed by atoms with Crippen molar-refractivity contribution in [2.24, 2.45) is 11.8 Å². The average Bonchev–Trinajstić information content (AvgIpc) is 3.23. The minimum Gasteiger partial charge on any atom is -0.481 e. The molecule has 4 nitrogen and oxygen atoms in total. The summed E-state index contributed by atoms with van der Waals surface area (Å²) in [5.74, 6) is -0.265. The molecule has 1 fully saturated rings. The highest BCUT2D eigenvalue weighted by Crippen LogP contribution is 2.43. The summed E-state index contributed by atoms with van der Waals surface area (Å²) in [5, 5.41) is 31.1. The van der Waals surface area contributed by atoms with Crippen molar-refractivity contribution < 1.29 is 20.1 Å². The second-order valence-electron chi connectivity index (χ2n) is 8.33. The third-order valence-corrected chi connectivity index (χ3v) is 7.43. The van der Waals surface area contributed by atoms with Crippen LogP contribution in [-0.2, 0) is 4.79 Å². The van der Waals surface area contributed by atoms with Gasteiger partial charge in [0.15, 0.2) is 0 Å². The highest BCUT2D eigenvalue weighted by Gasteiger charge is 2.37. The van der Waals surface area contributed by atoms with Crippen LogP contribution in [-0.4, -0.2) is 27.4 Å². The molecule has 158 valence electrons. The predicted octanol–water partition coefficient (Wildman–Crippen LogP) is 5.69. The zero-order valence-corrected chi connectivity index (χ0v) is 17.7. The van der Waals surface area contributed by atoms with Crippen molar-refractivity contribution in [3.63, 3.8) is 0 Å². The zero-order valence-electron chi connectivity index (χ0n) is 16.9. The van der Waals surface area contributed by atoms with Gasteiger partial charge >= 0.3 is 5.97 Å². The Hall–Kier alpha value is -1.69. The molecule has 4 atom stereocenters. The van der Waals surface area contributed by atoms with Crippen molar-refractivity contribution in [2.45, 2.75) is 70.0 Å². The van der Waals surface area contributed by atoms with E-state index < -0.39 is 12.1 Å². The molecule has 1 saturated carbocycles. The number of carboxylic acids is 1. The molecule has 1 aliphatic carbocycles. The Morgan fingerprint density at radius 1 is 1.17 bits per heavy atom. The number of hydrogen-bond acceptors (Lipinski definition) is 4. The molecule has 3 N–H and O–H groups in total. The zero-order chi connectivity index (χ0) is 20.8. The van der Waals surface area contributed by atoms with E-state index in [0.717, 1.165) is 49.0 Å². The van der Waals surface area contributed by atoms with Gasteiger partial charge in [-0.1, -0.05) is 49.6 Å². The monoisotopic (exact) mass is 416 g/mol. The summed E-state index contributed by atoms with van der Waals surface area (Å²) in [5.41, 5.74) is 1.13. The summed E-state index contributed by atoms with van der Waals surface area (Å²) >= 11 is 1.64. The van der Waals surface area contributed by atoms with Crippen LogP contribution in [0.3, 0.4) is 0 Å². The minimum atomic E-state index is -0.727. The Bertz CT molecular complexity index is 794. The van der Waals surface area contributed by atoms with Crippen molar-refractivity contribution in [2.75, 3.05) is 0 Å². The van der Waals surface area contributed by atoms with Gasteiger partial charge < -0.3 is 15.3 Å². The molecule has 0 spiro atoms. The van der Waals surface area contributed by atoms with Gasteiger partial charge in [0.05, 0.1) is 12.2 Å². The number of aliphatic carboxylic acids is 1. The lowest BCUT2D eigenvalue weighted by Crippen LogP contribution is -2.20. The van der Waals surface area contributed by atoms with Crippen LogP contribution in [0.15, 0.2) is 42.5 Å². The number of carboxylic acid groups (broad SMARTS) is 1. The molecular weight excluding hydrogens is 384 g/mol. The molecule has 5 heteroatoms. The maximum Gasteiger partial charge on any atom is 0.303 e. The second kappa shape index (κ2) is 10.4. The summed E-state index contributed by atoms with van der Waals surface area (Å²) in [7, 11) is 0. The highest BCUT2D eigenvalue weighted by molar-refractivity contribution is 7.19. The van der Waals surface area contributed by atoms with Crippen LogP contribution in [0.2, 0.25) is 0 Å². The Morgan fingerprint density at radius 2 is 1.93 bits per heavy atom. The summed E-state index contributed by atoms with van der Waals surface area (Å²) in [4.78, 5) is 11.6. The number of hydrogen-bond donors (Lipinski definition) is 3. The van der Waals surface area contributed by atoms with Crippen LogP contribution in [0.4, 0.5) is 0 Å². The van der Waals surface area contributed by atoms with E-state index in [4.69, 9.17) is 5.11 Å². The van der Waals surface area contributed by atoms with E-state index in [1.807, 2.05) is 12.1 Å². The van der Waals surface area contributed by atoms with Crippen molar-refractivity contribution in [1.82, 2.24) is 0 Å². The number of aliphatic hydroxyl groups is 2. The van der Waals surface area contributed by atoms with Gasteiger partial charge in [0.1, 0.15) is 0 Å². The first-order valence-corrected chi connectivity index (χ1v) is 11.5. The molecule has 0 saturated heterocycles. The Balaban J connectivity index is 1.49. The van der Waals surface area contributed by atoms with Gasteiger partial charge in [-0.3, -0.25) is 4.79 Å². The molecule has 0 amide bonds. The topological polar surface area (TPSA) is 77.8 Å². The highest BCUT2D eigenvalue weighted by atomic mass is 32.1. The summed E-state index contributed by atoms with van der Waals surface area (Å²) in [6, 6.07) is 10.2. The van der Waals surface area contributed by atoms with Gasteiger partial charge in [-0.05, 0) is 61.5 Å². The van der Waals surface area contributed by atoms with Gasteiger partial charge in [-0.2, -0.15) is 0 Å². The van der Waals surface area contributed by atoms with Gasteiger partial charge in [-0.25, -0.2) is 0 Å². The van der Waals surface area contributed by atoms with Crippen LogP contribution in [0.5, 0.6) is 0 Å². The fourth-order valence-corrected chi connectivity index (χ4v) is 5.69. The first kappa shape index (κ1) is 22.0. The van der Waals surface area contributed by atoms with Gasteiger partial charge in [-0.15, -0.1) is 11.3 Å². The van der Waals surface area contributed by atoms with Crippen LogP contribution in [0, 0.1) is 11.8 Å². The maximum absolute atomic E-state index is 10.7. The molecule has 1 aromatic heterocycles. The van der Waals surface area contributed by atoms with E-state index in [9.17, 15) is 15.0 Å². The molecule has 29 heavy (non-hydrogen) atoms. The van der Waals surface area contributed by atoms with Crippen molar-refractivity contribution >= 4 is 27.4 Å². The normalized spacial score (nSPS) is 23.0. The number of rotatable bonds is 11. The standard InChI is InChI=1S/C24H32O4S/c1-16-14-21(26)19(18(16)9-4-2-3-5-11-24(27)28)12-13-20(25)23-15-17-8-6-7-10-22(17)29-23/h6-8,10,15,18-21,25-26H,1-5,9,11-14H2,(H,27,28). The van der Waals surface area contributed by atoms with Crippen LogP contribution in [0.1, 0.15) is 68.8 Å². The molecule has 1 aliphatic rings. The summed E-state index contributed by atoms with van der Waals surface area (Å²) in [6.45, 7) is 4.19. The van der Waals surface area contributed by atoms with Crippen molar-refractivity contribution in [1.29, 1.82) is 0 Å². The van der Waals surface area contributed by atoms with Crippen LogP contribution in [0.25, 0.3) is 10.1 Å². The third kappa shape index (κ3) is 5.91. The average molecular weight is 417 g/mol. The smallest absolute Gasteiger partial charge is 0.303 e. The van der Waals surface area contributed by atoms with Gasteiger partial charge in [0.25, 0.3) is 0 Å². The molecule has 0 radical (unpaired) electrons. The molecule has 3 rings (SSSR count). The van der Waals surface area contributed by atoms with Gasteiger partial charge in [0, 0.05) is 16.0 Å². The lowest BCUT2D eigenvalue weighted by Gasteiger charge is -2.23. The van der Waals surface area contributed by atoms with Crippen LogP contribution < -0.4 is 0 Å². The summed E-state index contributed by atoms with van der Waals surface area (Å²) in [6.07, 6.45) is 6.19. The Labute approximate surface area is 176 Å². The van der Waals surface area contributed by atoms with E-state index in [1.54, 1.807) is 11.3 Å². The lowest BCUT2D eigenvalue weighted by atomic mass is 9.84. The predicted molar refractivity (Wildman–Crippen MR) is 118 cm³/mol. The largest absolute Gasteiger partial charge is 0.481 e. The fourth-order valence-electron chi connectivity index (χ4n) is 4.61. The van der Waals surface area contributed by atoms with E-state index >= 15 is 0 Å². The molecular formula is C24H32O4S. The molecule has 1 heterocycles. The number of carbonyl (C=O) groups is 1. The second-order valence-corrected chi connectivity index (χ2v) is 9.44. The van der Waals surface area contributed by atoms with Crippen molar-refractivity contribution in [3.05, 3.63) is 47.4 Å². The number of benzene rings is 1. The molecule has 1 aromatic carbocycles. The Kier molecular flexibility index (Phi) is 7.87. The molecule has 4 unspecified atom stereocenters.